The monoisotopic (exact) mass is 324 g/mol. The quantitative estimate of drug-likeness (QED) is 0.786. The topological polar surface area (TPSA) is 42.4 Å². The molecule has 2 aromatic heterocycles. The van der Waals surface area contributed by atoms with Gasteiger partial charge in [-0.3, -0.25) is 4.79 Å². The number of thiazole rings is 1. The SMILES string of the molecule is COCCN(Cc1ccsc1)C(=O)Cc1sc(C)nc1C. The summed E-state index contributed by atoms with van der Waals surface area (Å²) >= 11 is 3.25. The van der Waals surface area contributed by atoms with E-state index in [4.69, 9.17) is 4.74 Å². The van der Waals surface area contributed by atoms with Crippen molar-refractivity contribution in [2.75, 3.05) is 20.3 Å². The summed E-state index contributed by atoms with van der Waals surface area (Å²) in [7, 11) is 1.66. The van der Waals surface area contributed by atoms with E-state index in [1.165, 1.54) is 5.56 Å². The highest BCUT2D eigenvalue weighted by atomic mass is 32.1. The van der Waals surface area contributed by atoms with Gasteiger partial charge in [-0.2, -0.15) is 11.3 Å². The highest BCUT2D eigenvalue weighted by Crippen LogP contribution is 2.19. The van der Waals surface area contributed by atoms with Gasteiger partial charge in [-0.1, -0.05) is 0 Å². The summed E-state index contributed by atoms with van der Waals surface area (Å²) in [5.74, 6) is 0.130. The third-order valence-corrected chi connectivity index (χ3v) is 4.99. The molecule has 0 aromatic carbocycles. The Balaban J connectivity index is 2.04. The molecule has 2 aromatic rings. The summed E-state index contributed by atoms with van der Waals surface area (Å²) in [6.07, 6.45) is 0.422. The Morgan fingerprint density at radius 1 is 1.43 bits per heavy atom. The summed E-state index contributed by atoms with van der Waals surface area (Å²) in [6, 6.07) is 2.06. The van der Waals surface area contributed by atoms with Gasteiger partial charge in [0.15, 0.2) is 0 Å². The number of aromatic nitrogens is 1. The van der Waals surface area contributed by atoms with Gasteiger partial charge in [0.05, 0.1) is 23.7 Å². The van der Waals surface area contributed by atoms with Crippen molar-refractivity contribution in [1.82, 2.24) is 9.88 Å². The number of ether oxygens (including phenoxy) is 1. The fraction of sp³-hybridized carbons (Fsp3) is 0.467. The zero-order chi connectivity index (χ0) is 15.2. The Morgan fingerprint density at radius 2 is 2.24 bits per heavy atom. The van der Waals surface area contributed by atoms with Gasteiger partial charge in [-0.25, -0.2) is 4.98 Å². The van der Waals surface area contributed by atoms with E-state index in [0.717, 1.165) is 15.6 Å². The first-order chi connectivity index (χ1) is 10.1. The van der Waals surface area contributed by atoms with E-state index in [1.807, 2.05) is 24.1 Å². The number of rotatable bonds is 7. The van der Waals surface area contributed by atoms with Crippen LogP contribution in [0.3, 0.4) is 0 Å². The molecule has 0 saturated heterocycles. The zero-order valence-corrected chi connectivity index (χ0v) is 14.2. The van der Waals surface area contributed by atoms with Gasteiger partial charge < -0.3 is 9.64 Å². The molecule has 4 nitrogen and oxygen atoms in total. The fourth-order valence-electron chi connectivity index (χ4n) is 2.08. The van der Waals surface area contributed by atoms with Crippen LogP contribution in [0.4, 0.5) is 0 Å². The Labute approximate surface area is 133 Å². The standard InChI is InChI=1S/C15H20N2O2S2/c1-11-14(21-12(2)16-11)8-15(18)17(5-6-19-3)9-13-4-7-20-10-13/h4,7,10H,5-6,8-9H2,1-3H3. The van der Waals surface area contributed by atoms with E-state index in [9.17, 15) is 4.79 Å². The molecule has 0 aliphatic heterocycles. The Hall–Kier alpha value is -1.24. The van der Waals surface area contributed by atoms with Gasteiger partial charge in [0, 0.05) is 25.1 Å². The van der Waals surface area contributed by atoms with Crippen LogP contribution in [0.25, 0.3) is 0 Å². The molecule has 21 heavy (non-hydrogen) atoms. The second kappa shape index (κ2) is 7.68. The van der Waals surface area contributed by atoms with Gasteiger partial charge in [-0.05, 0) is 36.2 Å². The first-order valence-corrected chi connectivity index (χ1v) is 8.56. The van der Waals surface area contributed by atoms with Crippen LogP contribution >= 0.6 is 22.7 Å². The van der Waals surface area contributed by atoms with Crippen LogP contribution in [0, 0.1) is 13.8 Å². The number of methoxy groups -OCH3 is 1. The van der Waals surface area contributed by atoms with Crippen LogP contribution < -0.4 is 0 Å². The van der Waals surface area contributed by atoms with Gasteiger partial charge >= 0.3 is 0 Å². The van der Waals surface area contributed by atoms with E-state index < -0.39 is 0 Å². The van der Waals surface area contributed by atoms with Crippen molar-refractivity contribution in [3.8, 4) is 0 Å². The van der Waals surface area contributed by atoms with E-state index >= 15 is 0 Å². The summed E-state index contributed by atoms with van der Waals surface area (Å²) in [4.78, 5) is 19.9. The number of amides is 1. The van der Waals surface area contributed by atoms with Gasteiger partial charge in [-0.15, -0.1) is 11.3 Å². The maximum Gasteiger partial charge on any atom is 0.228 e. The largest absolute Gasteiger partial charge is 0.383 e. The van der Waals surface area contributed by atoms with Crippen LogP contribution in [0.5, 0.6) is 0 Å². The fourth-order valence-corrected chi connectivity index (χ4v) is 3.67. The first kappa shape index (κ1) is 16.1. The molecule has 114 valence electrons. The van der Waals surface area contributed by atoms with Crippen molar-refractivity contribution >= 4 is 28.6 Å². The second-order valence-corrected chi connectivity index (χ2v) is 6.93. The van der Waals surface area contributed by atoms with Gasteiger partial charge in [0.25, 0.3) is 0 Å². The Morgan fingerprint density at radius 3 is 2.81 bits per heavy atom. The third kappa shape index (κ3) is 4.62. The summed E-state index contributed by atoms with van der Waals surface area (Å²) < 4.78 is 5.12. The van der Waals surface area contributed by atoms with Crippen molar-refractivity contribution in [2.24, 2.45) is 0 Å². The molecule has 2 rings (SSSR count). The number of carbonyl (C=O) groups excluding carboxylic acids is 1. The number of carbonyl (C=O) groups is 1. The predicted octanol–water partition coefficient (Wildman–Crippen LogP) is 3.04. The molecule has 0 aliphatic carbocycles. The number of hydrogen-bond donors (Lipinski definition) is 0. The van der Waals surface area contributed by atoms with Crippen LogP contribution in [-0.2, 0) is 22.5 Å². The van der Waals surface area contributed by atoms with E-state index in [0.29, 0.717) is 26.1 Å². The highest BCUT2D eigenvalue weighted by molar-refractivity contribution is 7.11. The molecule has 6 heteroatoms. The lowest BCUT2D eigenvalue weighted by molar-refractivity contribution is -0.131. The summed E-state index contributed by atoms with van der Waals surface area (Å²) in [6.45, 7) is 5.74. The van der Waals surface area contributed by atoms with Gasteiger partial charge in [0.1, 0.15) is 0 Å². The molecular weight excluding hydrogens is 304 g/mol. The van der Waals surface area contributed by atoms with Crippen LogP contribution in [0.2, 0.25) is 0 Å². The number of thiophene rings is 1. The highest BCUT2D eigenvalue weighted by Gasteiger charge is 2.17. The zero-order valence-electron chi connectivity index (χ0n) is 12.6. The third-order valence-electron chi connectivity index (χ3n) is 3.18. The van der Waals surface area contributed by atoms with Crippen molar-refractivity contribution in [1.29, 1.82) is 0 Å². The van der Waals surface area contributed by atoms with Gasteiger partial charge in [0.2, 0.25) is 5.91 Å². The normalized spacial score (nSPS) is 10.8. The minimum atomic E-state index is 0.130. The first-order valence-electron chi connectivity index (χ1n) is 6.81. The number of nitrogens with zero attached hydrogens (tertiary/aromatic N) is 2. The molecule has 0 aliphatic rings. The van der Waals surface area contributed by atoms with E-state index in [1.54, 1.807) is 29.8 Å². The number of aryl methyl sites for hydroxylation is 2. The van der Waals surface area contributed by atoms with Crippen molar-refractivity contribution in [2.45, 2.75) is 26.8 Å². The summed E-state index contributed by atoms with van der Waals surface area (Å²) in [5, 5.41) is 5.12. The molecule has 2 heterocycles. The minimum Gasteiger partial charge on any atom is -0.383 e. The lowest BCUT2D eigenvalue weighted by atomic mass is 10.2. The minimum absolute atomic E-state index is 0.130. The molecule has 1 amide bonds. The molecule has 0 fully saturated rings. The number of hydrogen-bond acceptors (Lipinski definition) is 5. The summed E-state index contributed by atoms with van der Waals surface area (Å²) in [5.41, 5.74) is 2.13. The molecule has 0 unspecified atom stereocenters. The van der Waals surface area contributed by atoms with Crippen LogP contribution in [-0.4, -0.2) is 36.1 Å². The van der Waals surface area contributed by atoms with E-state index in [2.05, 4.69) is 16.4 Å². The molecule has 0 bridgehead atoms. The molecule has 0 spiro atoms. The molecular formula is C15H20N2O2S2. The maximum absolute atomic E-state index is 12.6. The maximum atomic E-state index is 12.6. The smallest absolute Gasteiger partial charge is 0.228 e. The van der Waals surface area contributed by atoms with Crippen molar-refractivity contribution < 1.29 is 9.53 Å². The van der Waals surface area contributed by atoms with Crippen molar-refractivity contribution in [3.05, 3.63) is 38.0 Å². The van der Waals surface area contributed by atoms with Crippen molar-refractivity contribution in [3.63, 3.8) is 0 Å². The predicted molar refractivity (Wildman–Crippen MR) is 86.9 cm³/mol. The average molecular weight is 324 g/mol. The molecule has 0 atom stereocenters. The lowest BCUT2D eigenvalue weighted by Crippen LogP contribution is -2.34. The molecule has 0 radical (unpaired) electrons. The van der Waals surface area contributed by atoms with Crippen LogP contribution in [0.1, 0.15) is 21.1 Å². The second-order valence-electron chi connectivity index (χ2n) is 4.86. The lowest BCUT2D eigenvalue weighted by Gasteiger charge is -2.22. The Bertz CT molecular complexity index is 579. The average Bonchev–Trinajstić information content (AvgIpc) is 3.05. The Kier molecular flexibility index (Phi) is 5.90. The van der Waals surface area contributed by atoms with Crippen LogP contribution in [0.15, 0.2) is 16.8 Å². The van der Waals surface area contributed by atoms with E-state index in [-0.39, 0.29) is 5.91 Å². The molecule has 0 saturated carbocycles. The molecule has 0 N–H and O–H groups in total.